The molecule has 0 fully saturated rings. The summed E-state index contributed by atoms with van der Waals surface area (Å²) in [5.74, 6) is 0.642. The predicted octanol–water partition coefficient (Wildman–Crippen LogP) is -0.830. The van der Waals surface area contributed by atoms with E-state index >= 15 is 0 Å². The summed E-state index contributed by atoms with van der Waals surface area (Å²) < 4.78 is 25.9. The van der Waals surface area contributed by atoms with Crippen molar-refractivity contribution in [2.75, 3.05) is 31.3 Å². The maximum atomic E-state index is 10.9. The van der Waals surface area contributed by atoms with Crippen LogP contribution in [0.1, 0.15) is 6.42 Å². The van der Waals surface area contributed by atoms with Crippen LogP contribution in [0.2, 0.25) is 0 Å². The highest BCUT2D eigenvalue weighted by Gasteiger charge is 2.09. The third kappa shape index (κ3) is 4.34. The Bertz CT molecular complexity index is 699. The average Bonchev–Trinajstić information content (AvgIpc) is 2.82. The number of hydrogen-bond acceptors (Lipinski definition) is 7. The zero-order valence-electron chi connectivity index (χ0n) is 11.7. The van der Waals surface area contributed by atoms with Gasteiger partial charge in [0.25, 0.3) is 0 Å². The van der Waals surface area contributed by atoms with Gasteiger partial charge in [0, 0.05) is 13.1 Å². The van der Waals surface area contributed by atoms with E-state index in [4.69, 9.17) is 5.11 Å². The van der Waals surface area contributed by atoms with Gasteiger partial charge in [-0.15, -0.1) is 0 Å². The number of aromatic nitrogens is 4. The molecule has 116 valence electrons. The lowest BCUT2D eigenvalue weighted by Gasteiger charge is -2.07. The standard InChI is InChI=1S/C11H18N6O3S/c1-21(19,20)16-4-2-3-12-10-9-7-15-17(5-6-18)11(9)14-8-13-10/h7-8,16,18H,2-6H2,1H3,(H,12,13,14). The summed E-state index contributed by atoms with van der Waals surface area (Å²) in [5, 5.41) is 17.0. The van der Waals surface area contributed by atoms with Crippen LogP contribution in [-0.4, -0.2) is 59.2 Å². The molecule has 0 saturated carbocycles. The first-order valence-corrected chi connectivity index (χ1v) is 8.36. The molecule has 0 aliphatic carbocycles. The molecule has 0 saturated heterocycles. The minimum Gasteiger partial charge on any atom is -0.394 e. The summed E-state index contributed by atoms with van der Waals surface area (Å²) in [6.45, 7) is 1.29. The molecule has 0 aliphatic rings. The number of nitrogens with zero attached hydrogens (tertiary/aromatic N) is 4. The van der Waals surface area contributed by atoms with Gasteiger partial charge in [0.05, 0.1) is 31.0 Å². The van der Waals surface area contributed by atoms with Crippen LogP contribution >= 0.6 is 0 Å². The van der Waals surface area contributed by atoms with Gasteiger partial charge in [-0.25, -0.2) is 27.8 Å². The van der Waals surface area contributed by atoms with Gasteiger partial charge in [-0.3, -0.25) is 0 Å². The number of rotatable bonds is 8. The van der Waals surface area contributed by atoms with Crippen molar-refractivity contribution in [3.8, 4) is 0 Å². The van der Waals surface area contributed by atoms with Crippen molar-refractivity contribution in [1.82, 2.24) is 24.5 Å². The molecule has 0 bridgehead atoms. The molecule has 0 aromatic carbocycles. The summed E-state index contributed by atoms with van der Waals surface area (Å²) in [4.78, 5) is 8.29. The first-order chi connectivity index (χ1) is 10.0. The molecule has 2 heterocycles. The minimum absolute atomic E-state index is 0.0132. The van der Waals surface area contributed by atoms with E-state index in [0.29, 0.717) is 37.5 Å². The summed E-state index contributed by atoms with van der Waals surface area (Å²) in [6.07, 6.45) is 4.82. The molecular weight excluding hydrogens is 296 g/mol. The summed E-state index contributed by atoms with van der Waals surface area (Å²) in [5.41, 5.74) is 0.649. The van der Waals surface area contributed by atoms with E-state index in [1.54, 1.807) is 10.9 Å². The Balaban J connectivity index is 1.96. The van der Waals surface area contributed by atoms with Crippen LogP contribution in [0, 0.1) is 0 Å². The SMILES string of the molecule is CS(=O)(=O)NCCCNc1ncnc2c1cnn2CCO. The highest BCUT2D eigenvalue weighted by atomic mass is 32.2. The molecule has 2 aromatic rings. The van der Waals surface area contributed by atoms with Gasteiger partial charge in [-0.2, -0.15) is 5.10 Å². The van der Waals surface area contributed by atoms with Gasteiger partial charge in [0.2, 0.25) is 10.0 Å². The van der Waals surface area contributed by atoms with E-state index in [1.165, 1.54) is 6.33 Å². The van der Waals surface area contributed by atoms with Crippen molar-refractivity contribution < 1.29 is 13.5 Å². The largest absolute Gasteiger partial charge is 0.394 e. The quantitative estimate of drug-likeness (QED) is 0.544. The Morgan fingerprint density at radius 1 is 1.33 bits per heavy atom. The fourth-order valence-electron chi connectivity index (χ4n) is 1.84. The number of aliphatic hydroxyl groups is 1. The average molecular weight is 314 g/mol. The Morgan fingerprint density at radius 3 is 2.86 bits per heavy atom. The van der Waals surface area contributed by atoms with Gasteiger partial charge >= 0.3 is 0 Å². The number of anilines is 1. The van der Waals surface area contributed by atoms with Crippen molar-refractivity contribution in [2.45, 2.75) is 13.0 Å². The Morgan fingerprint density at radius 2 is 2.14 bits per heavy atom. The molecule has 0 amide bonds. The second kappa shape index (κ2) is 6.78. The molecular formula is C11H18N6O3S. The zero-order valence-corrected chi connectivity index (χ0v) is 12.5. The second-order valence-corrected chi connectivity index (χ2v) is 6.33. The predicted molar refractivity (Wildman–Crippen MR) is 78.4 cm³/mol. The molecule has 21 heavy (non-hydrogen) atoms. The van der Waals surface area contributed by atoms with Crippen LogP contribution in [0.5, 0.6) is 0 Å². The Hall–Kier alpha value is -1.78. The van der Waals surface area contributed by atoms with Gasteiger partial charge in [-0.05, 0) is 6.42 Å². The summed E-state index contributed by atoms with van der Waals surface area (Å²) in [6, 6.07) is 0. The molecule has 0 spiro atoms. The maximum Gasteiger partial charge on any atom is 0.208 e. The number of sulfonamides is 1. The first-order valence-electron chi connectivity index (χ1n) is 6.47. The van der Waals surface area contributed by atoms with Crippen LogP contribution in [0.3, 0.4) is 0 Å². The Labute approximate surface area is 122 Å². The molecule has 3 N–H and O–H groups in total. The number of hydrogen-bond donors (Lipinski definition) is 3. The molecule has 9 nitrogen and oxygen atoms in total. The summed E-state index contributed by atoms with van der Waals surface area (Å²) in [7, 11) is -3.15. The normalized spacial score (nSPS) is 11.9. The zero-order chi connectivity index (χ0) is 15.3. The first kappa shape index (κ1) is 15.6. The third-order valence-electron chi connectivity index (χ3n) is 2.76. The number of fused-ring (bicyclic) bond motifs is 1. The third-order valence-corrected chi connectivity index (χ3v) is 3.48. The smallest absolute Gasteiger partial charge is 0.208 e. The van der Waals surface area contributed by atoms with E-state index < -0.39 is 10.0 Å². The maximum absolute atomic E-state index is 10.9. The summed E-state index contributed by atoms with van der Waals surface area (Å²) >= 11 is 0. The number of nitrogens with one attached hydrogen (secondary N) is 2. The lowest BCUT2D eigenvalue weighted by atomic mass is 10.3. The lowest BCUT2D eigenvalue weighted by Crippen LogP contribution is -2.24. The van der Waals surface area contributed by atoms with Crippen molar-refractivity contribution >= 4 is 26.9 Å². The highest BCUT2D eigenvalue weighted by molar-refractivity contribution is 7.88. The molecule has 2 aromatic heterocycles. The highest BCUT2D eigenvalue weighted by Crippen LogP contribution is 2.18. The van der Waals surface area contributed by atoms with E-state index in [0.717, 1.165) is 11.6 Å². The molecule has 0 unspecified atom stereocenters. The monoisotopic (exact) mass is 314 g/mol. The minimum atomic E-state index is -3.15. The van der Waals surface area contributed by atoms with Crippen molar-refractivity contribution in [3.63, 3.8) is 0 Å². The van der Waals surface area contributed by atoms with Crippen LogP contribution in [0.25, 0.3) is 11.0 Å². The van der Waals surface area contributed by atoms with E-state index in [2.05, 4.69) is 25.1 Å². The molecule has 0 atom stereocenters. The van der Waals surface area contributed by atoms with Gasteiger partial charge in [-0.1, -0.05) is 0 Å². The van der Waals surface area contributed by atoms with Gasteiger partial charge < -0.3 is 10.4 Å². The van der Waals surface area contributed by atoms with Crippen molar-refractivity contribution in [3.05, 3.63) is 12.5 Å². The van der Waals surface area contributed by atoms with Gasteiger partial charge in [0.15, 0.2) is 5.65 Å². The van der Waals surface area contributed by atoms with Crippen LogP contribution in [0.15, 0.2) is 12.5 Å². The van der Waals surface area contributed by atoms with Crippen LogP contribution < -0.4 is 10.0 Å². The number of aliphatic hydroxyl groups excluding tert-OH is 1. The fourth-order valence-corrected chi connectivity index (χ4v) is 2.36. The van der Waals surface area contributed by atoms with Crippen LogP contribution in [0.4, 0.5) is 5.82 Å². The van der Waals surface area contributed by atoms with Crippen molar-refractivity contribution in [2.24, 2.45) is 0 Å². The topological polar surface area (TPSA) is 122 Å². The molecule has 2 rings (SSSR count). The lowest BCUT2D eigenvalue weighted by molar-refractivity contribution is 0.271. The molecule has 10 heteroatoms. The van der Waals surface area contributed by atoms with Crippen molar-refractivity contribution in [1.29, 1.82) is 0 Å². The second-order valence-electron chi connectivity index (χ2n) is 4.50. The molecule has 0 aliphatic heterocycles. The van der Waals surface area contributed by atoms with Gasteiger partial charge in [0.1, 0.15) is 12.1 Å². The van der Waals surface area contributed by atoms with E-state index in [1.807, 2.05) is 0 Å². The molecule has 0 radical (unpaired) electrons. The Kier molecular flexibility index (Phi) is 5.04. The van der Waals surface area contributed by atoms with Crippen LogP contribution in [-0.2, 0) is 16.6 Å². The fraction of sp³-hybridized carbons (Fsp3) is 0.545. The van der Waals surface area contributed by atoms with E-state index in [9.17, 15) is 8.42 Å². The van der Waals surface area contributed by atoms with E-state index in [-0.39, 0.29) is 6.61 Å².